The molecule has 25 heavy (non-hydrogen) atoms. The van der Waals surface area contributed by atoms with Gasteiger partial charge in [0.2, 0.25) is 0 Å². The highest BCUT2D eigenvalue weighted by Gasteiger charge is 2.20. The second-order valence-electron chi connectivity index (χ2n) is 5.48. The Balaban J connectivity index is 1.73. The van der Waals surface area contributed by atoms with Crippen LogP contribution >= 0.6 is 0 Å². The first-order valence-electron chi connectivity index (χ1n) is 7.79. The average Bonchev–Trinajstić information content (AvgIpc) is 3.04. The van der Waals surface area contributed by atoms with Crippen molar-refractivity contribution in [1.82, 2.24) is 15.0 Å². The van der Waals surface area contributed by atoms with Crippen molar-refractivity contribution >= 4 is 11.7 Å². The van der Waals surface area contributed by atoms with Crippen LogP contribution in [0.2, 0.25) is 0 Å². The molecule has 0 aliphatic heterocycles. The quantitative estimate of drug-likeness (QED) is 0.506. The normalized spacial score (nSPS) is 10.7. The largest absolute Gasteiger partial charge is 0.476 e. The van der Waals surface area contributed by atoms with Gasteiger partial charge in [-0.25, -0.2) is 9.48 Å². The van der Waals surface area contributed by atoms with Crippen molar-refractivity contribution in [2.75, 3.05) is 12.3 Å². The van der Waals surface area contributed by atoms with Crippen LogP contribution in [0.4, 0.5) is 5.69 Å². The van der Waals surface area contributed by atoms with E-state index in [-0.39, 0.29) is 5.69 Å². The topological polar surface area (TPSA) is 103 Å². The summed E-state index contributed by atoms with van der Waals surface area (Å²) in [7, 11) is 0. The van der Waals surface area contributed by atoms with Gasteiger partial charge in [-0.15, -0.1) is 5.10 Å². The minimum Gasteiger partial charge on any atom is -0.476 e. The molecular formula is C18H18N4O3. The molecule has 128 valence electrons. The molecule has 7 nitrogen and oxygen atoms in total. The van der Waals surface area contributed by atoms with E-state index in [1.807, 2.05) is 30.3 Å². The van der Waals surface area contributed by atoms with E-state index in [1.54, 1.807) is 28.9 Å². The van der Waals surface area contributed by atoms with Gasteiger partial charge in [0, 0.05) is 11.3 Å². The van der Waals surface area contributed by atoms with E-state index in [4.69, 9.17) is 10.5 Å². The van der Waals surface area contributed by atoms with Gasteiger partial charge in [0.05, 0.1) is 19.8 Å². The van der Waals surface area contributed by atoms with Crippen molar-refractivity contribution in [3.8, 4) is 11.3 Å². The summed E-state index contributed by atoms with van der Waals surface area (Å²) in [6, 6.07) is 16.8. The van der Waals surface area contributed by atoms with Crippen LogP contribution in [0.5, 0.6) is 0 Å². The number of hydrogen-bond acceptors (Lipinski definition) is 5. The molecule has 7 heteroatoms. The predicted octanol–water partition coefficient (Wildman–Crippen LogP) is 2.44. The Hall–Kier alpha value is -3.19. The standard InChI is InChI=1S/C18H18N4O3/c19-15-8-6-14(7-9-15)17-16(18(23)24)20-21-22(17)10-11-25-12-13-4-2-1-3-5-13/h1-9H,10-12,19H2,(H,23,24). The Morgan fingerprint density at radius 3 is 2.52 bits per heavy atom. The molecule has 0 spiro atoms. The summed E-state index contributed by atoms with van der Waals surface area (Å²) in [6.07, 6.45) is 0. The van der Waals surface area contributed by atoms with Gasteiger partial charge in [-0.05, 0) is 17.7 Å². The number of hydrogen-bond donors (Lipinski definition) is 2. The Labute approximate surface area is 144 Å². The van der Waals surface area contributed by atoms with E-state index in [2.05, 4.69) is 10.3 Å². The van der Waals surface area contributed by atoms with Gasteiger partial charge in [-0.3, -0.25) is 0 Å². The summed E-state index contributed by atoms with van der Waals surface area (Å²) in [6.45, 7) is 1.27. The molecule has 0 radical (unpaired) electrons. The maximum Gasteiger partial charge on any atom is 0.358 e. The number of carbonyl (C=O) groups is 1. The Morgan fingerprint density at radius 1 is 1.12 bits per heavy atom. The summed E-state index contributed by atoms with van der Waals surface area (Å²) in [4.78, 5) is 11.4. The molecule has 0 amide bonds. The number of carboxylic acid groups (broad SMARTS) is 1. The van der Waals surface area contributed by atoms with Crippen molar-refractivity contribution in [2.45, 2.75) is 13.2 Å². The molecule has 0 bridgehead atoms. The Kier molecular flexibility index (Phi) is 5.06. The first-order valence-corrected chi connectivity index (χ1v) is 7.79. The van der Waals surface area contributed by atoms with Crippen LogP contribution in [0.15, 0.2) is 54.6 Å². The third kappa shape index (κ3) is 4.02. The van der Waals surface area contributed by atoms with Gasteiger partial charge >= 0.3 is 5.97 Å². The number of rotatable bonds is 7. The number of aromatic nitrogens is 3. The fraction of sp³-hybridized carbons (Fsp3) is 0.167. The van der Waals surface area contributed by atoms with Crippen LogP contribution in [0.3, 0.4) is 0 Å². The van der Waals surface area contributed by atoms with E-state index < -0.39 is 5.97 Å². The number of anilines is 1. The predicted molar refractivity (Wildman–Crippen MR) is 92.9 cm³/mol. The van der Waals surface area contributed by atoms with E-state index in [9.17, 15) is 9.90 Å². The SMILES string of the molecule is Nc1ccc(-c2c(C(=O)O)nnn2CCOCc2ccccc2)cc1. The highest BCUT2D eigenvalue weighted by molar-refractivity contribution is 5.92. The van der Waals surface area contributed by atoms with E-state index in [0.717, 1.165) is 5.56 Å². The van der Waals surface area contributed by atoms with Crippen LogP contribution in [0, 0.1) is 0 Å². The zero-order chi connectivity index (χ0) is 17.6. The van der Waals surface area contributed by atoms with Gasteiger partial charge in [0.25, 0.3) is 0 Å². The summed E-state index contributed by atoms with van der Waals surface area (Å²) in [5.41, 5.74) is 8.42. The third-order valence-corrected chi connectivity index (χ3v) is 3.68. The second kappa shape index (κ2) is 7.59. The van der Waals surface area contributed by atoms with Gasteiger partial charge < -0.3 is 15.6 Å². The van der Waals surface area contributed by atoms with E-state index in [0.29, 0.717) is 36.7 Å². The monoisotopic (exact) mass is 338 g/mol. The lowest BCUT2D eigenvalue weighted by molar-refractivity contribution is 0.0691. The van der Waals surface area contributed by atoms with Crippen molar-refractivity contribution in [1.29, 1.82) is 0 Å². The van der Waals surface area contributed by atoms with Gasteiger partial charge in [0.15, 0.2) is 5.69 Å². The number of aromatic carboxylic acids is 1. The molecule has 0 aliphatic rings. The lowest BCUT2D eigenvalue weighted by Gasteiger charge is -2.08. The number of benzene rings is 2. The zero-order valence-electron chi connectivity index (χ0n) is 13.5. The van der Waals surface area contributed by atoms with E-state index in [1.165, 1.54) is 0 Å². The molecule has 3 aromatic rings. The smallest absolute Gasteiger partial charge is 0.358 e. The lowest BCUT2D eigenvalue weighted by Crippen LogP contribution is -2.10. The minimum absolute atomic E-state index is 0.0900. The molecule has 0 unspecified atom stereocenters. The fourth-order valence-electron chi connectivity index (χ4n) is 2.46. The Morgan fingerprint density at radius 2 is 1.84 bits per heavy atom. The van der Waals surface area contributed by atoms with Crippen LogP contribution in [-0.4, -0.2) is 32.7 Å². The van der Waals surface area contributed by atoms with E-state index >= 15 is 0 Å². The summed E-state index contributed by atoms with van der Waals surface area (Å²) >= 11 is 0. The zero-order valence-corrected chi connectivity index (χ0v) is 13.5. The van der Waals surface area contributed by atoms with Gasteiger partial charge in [0.1, 0.15) is 5.69 Å². The maximum atomic E-state index is 11.4. The number of nitrogens with two attached hydrogens (primary N) is 1. The summed E-state index contributed by atoms with van der Waals surface area (Å²) in [5.74, 6) is -1.12. The van der Waals surface area contributed by atoms with Crippen LogP contribution in [0.25, 0.3) is 11.3 Å². The molecule has 0 atom stereocenters. The summed E-state index contributed by atoms with van der Waals surface area (Å²) < 4.78 is 7.19. The molecule has 2 aromatic carbocycles. The number of carboxylic acids is 1. The fourth-order valence-corrected chi connectivity index (χ4v) is 2.46. The Bertz CT molecular complexity index is 845. The number of nitrogen functional groups attached to an aromatic ring is 1. The molecule has 1 heterocycles. The minimum atomic E-state index is -1.12. The lowest BCUT2D eigenvalue weighted by atomic mass is 10.1. The van der Waals surface area contributed by atoms with Crippen molar-refractivity contribution in [2.24, 2.45) is 0 Å². The van der Waals surface area contributed by atoms with Gasteiger partial charge in [-0.2, -0.15) is 0 Å². The maximum absolute atomic E-state index is 11.4. The third-order valence-electron chi connectivity index (χ3n) is 3.68. The molecule has 1 aromatic heterocycles. The number of nitrogens with zero attached hydrogens (tertiary/aromatic N) is 3. The molecule has 0 aliphatic carbocycles. The molecule has 3 rings (SSSR count). The van der Waals surface area contributed by atoms with Crippen LogP contribution in [0.1, 0.15) is 16.1 Å². The number of ether oxygens (including phenoxy) is 1. The second-order valence-corrected chi connectivity index (χ2v) is 5.48. The molecule has 0 fully saturated rings. The van der Waals surface area contributed by atoms with Crippen molar-refractivity contribution < 1.29 is 14.6 Å². The van der Waals surface area contributed by atoms with Crippen LogP contribution < -0.4 is 5.73 Å². The van der Waals surface area contributed by atoms with Crippen molar-refractivity contribution in [3.05, 3.63) is 65.9 Å². The van der Waals surface area contributed by atoms with Gasteiger partial charge in [-0.1, -0.05) is 47.7 Å². The highest BCUT2D eigenvalue weighted by Crippen LogP contribution is 2.23. The average molecular weight is 338 g/mol. The van der Waals surface area contributed by atoms with Crippen molar-refractivity contribution in [3.63, 3.8) is 0 Å². The first-order chi connectivity index (χ1) is 12.1. The molecular weight excluding hydrogens is 320 g/mol. The first kappa shape index (κ1) is 16.7. The molecule has 0 saturated carbocycles. The molecule has 0 saturated heterocycles. The highest BCUT2D eigenvalue weighted by atomic mass is 16.5. The summed E-state index contributed by atoms with van der Waals surface area (Å²) in [5, 5.41) is 17.1. The van der Waals surface area contributed by atoms with Crippen LogP contribution in [-0.2, 0) is 17.9 Å². The molecule has 3 N–H and O–H groups in total.